The Morgan fingerprint density at radius 2 is 1.93 bits per heavy atom. The average molecular weight is 395 g/mol. The van der Waals surface area contributed by atoms with E-state index < -0.39 is 0 Å². The number of carbonyl (C=O) groups excluding carboxylic acids is 1. The molecule has 0 unspecified atom stereocenters. The summed E-state index contributed by atoms with van der Waals surface area (Å²) >= 11 is 0. The Labute approximate surface area is 172 Å². The normalized spacial score (nSPS) is 22.4. The Hall–Kier alpha value is -2.47. The van der Waals surface area contributed by atoms with Gasteiger partial charge in [-0.3, -0.25) is 9.69 Å². The summed E-state index contributed by atoms with van der Waals surface area (Å²) < 4.78 is 5.33. The number of rotatable bonds is 6. The molecule has 1 aromatic heterocycles. The first-order chi connectivity index (χ1) is 14.1. The highest BCUT2D eigenvalue weighted by molar-refractivity contribution is 5.84. The van der Waals surface area contributed by atoms with Crippen molar-refractivity contribution in [3.63, 3.8) is 0 Å². The van der Waals surface area contributed by atoms with Crippen LogP contribution in [0.3, 0.4) is 0 Å². The van der Waals surface area contributed by atoms with Crippen LogP contribution in [0.15, 0.2) is 36.7 Å². The highest BCUT2D eigenvalue weighted by Gasteiger charge is 2.48. The third kappa shape index (κ3) is 4.27. The summed E-state index contributed by atoms with van der Waals surface area (Å²) in [4.78, 5) is 26.7. The quantitative estimate of drug-likeness (QED) is 0.754. The van der Waals surface area contributed by atoms with Crippen molar-refractivity contribution >= 4 is 5.91 Å². The zero-order valence-corrected chi connectivity index (χ0v) is 17.4. The molecule has 1 spiro atoms. The van der Waals surface area contributed by atoms with Gasteiger partial charge < -0.3 is 9.64 Å². The number of amides is 1. The van der Waals surface area contributed by atoms with E-state index in [1.165, 1.54) is 0 Å². The van der Waals surface area contributed by atoms with Crippen molar-refractivity contribution < 1.29 is 9.53 Å². The summed E-state index contributed by atoms with van der Waals surface area (Å²) in [6.45, 7) is 6.15. The zero-order valence-electron chi connectivity index (χ0n) is 17.4. The van der Waals surface area contributed by atoms with Gasteiger partial charge in [0, 0.05) is 50.6 Å². The van der Waals surface area contributed by atoms with Crippen LogP contribution < -0.4 is 4.74 Å². The molecule has 29 heavy (non-hydrogen) atoms. The molecule has 6 heteroatoms. The number of ether oxygens (including phenoxy) is 1. The first kappa shape index (κ1) is 19.8. The second-order valence-electron chi connectivity index (χ2n) is 8.28. The molecule has 154 valence electrons. The Morgan fingerprint density at radius 1 is 1.10 bits per heavy atom. The molecule has 1 amide bonds. The minimum absolute atomic E-state index is 0.235. The Bertz CT molecular complexity index is 854. The average Bonchev–Trinajstić information content (AvgIpc) is 3.15. The molecule has 0 radical (unpaired) electrons. The molecule has 4 rings (SSSR count). The number of hydrogen-bond acceptors (Lipinski definition) is 5. The van der Waals surface area contributed by atoms with Crippen molar-refractivity contribution in [1.29, 1.82) is 0 Å². The van der Waals surface area contributed by atoms with Crippen LogP contribution in [0, 0.1) is 5.41 Å². The van der Waals surface area contributed by atoms with Crippen molar-refractivity contribution in [2.45, 2.75) is 45.7 Å². The van der Waals surface area contributed by atoms with E-state index >= 15 is 0 Å². The number of carbonyl (C=O) groups is 1. The topological polar surface area (TPSA) is 58.6 Å². The number of nitrogens with zero attached hydrogens (tertiary/aromatic N) is 4. The number of aryl methyl sites for hydroxylation is 1. The van der Waals surface area contributed by atoms with Gasteiger partial charge in [-0.1, -0.05) is 19.1 Å². The standard InChI is InChI=1S/C23H30N4O2/c1-3-21-24-13-19(14-25-21)15-26-11-9-23(17-26)8-5-10-27(22(23)28)16-18-6-4-7-20(12-18)29-2/h4,6-7,12-14H,3,5,8-11,15-17H2,1-2H3/t23-/m1/s1. The molecule has 3 heterocycles. The summed E-state index contributed by atoms with van der Waals surface area (Å²) in [6.07, 6.45) is 7.70. The van der Waals surface area contributed by atoms with E-state index in [4.69, 9.17) is 4.74 Å². The predicted octanol–water partition coefficient (Wildman–Crippen LogP) is 3.06. The first-order valence-corrected chi connectivity index (χ1v) is 10.6. The maximum atomic E-state index is 13.4. The van der Waals surface area contributed by atoms with Gasteiger partial charge in [-0.15, -0.1) is 0 Å². The second kappa shape index (κ2) is 8.49. The van der Waals surface area contributed by atoms with E-state index in [0.29, 0.717) is 12.5 Å². The van der Waals surface area contributed by atoms with Gasteiger partial charge in [-0.05, 0) is 43.5 Å². The second-order valence-corrected chi connectivity index (χ2v) is 8.28. The van der Waals surface area contributed by atoms with Gasteiger partial charge in [-0.2, -0.15) is 0 Å². The third-order valence-corrected chi connectivity index (χ3v) is 6.25. The molecule has 0 N–H and O–H groups in total. The van der Waals surface area contributed by atoms with E-state index in [0.717, 1.165) is 74.6 Å². The van der Waals surface area contributed by atoms with Gasteiger partial charge in [0.15, 0.2) is 0 Å². The van der Waals surface area contributed by atoms with Gasteiger partial charge in [0.05, 0.1) is 12.5 Å². The molecule has 6 nitrogen and oxygen atoms in total. The minimum Gasteiger partial charge on any atom is -0.497 e. The third-order valence-electron chi connectivity index (χ3n) is 6.25. The molecule has 0 bridgehead atoms. The zero-order chi connectivity index (χ0) is 20.3. The van der Waals surface area contributed by atoms with Crippen LogP contribution in [-0.2, 0) is 24.3 Å². The van der Waals surface area contributed by atoms with Gasteiger partial charge in [0.1, 0.15) is 11.6 Å². The van der Waals surface area contributed by atoms with Crippen LogP contribution >= 0.6 is 0 Å². The molecule has 1 atom stereocenters. The SMILES string of the molecule is CCc1ncc(CN2CC[C@]3(CCCN(Cc4cccc(OC)c4)C3=O)C2)cn1. The minimum atomic E-state index is -0.235. The van der Waals surface area contributed by atoms with E-state index in [1.807, 2.05) is 35.5 Å². The lowest BCUT2D eigenvalue weighted by Gasteiger charge is -2.39. The maximum absolute atomic E-state index is 13.4. The van der Waals surface area contributed by atoms with Crippen molar-refractivity contribution in [2.24, 2.45) is 5.41 Å². The Morgan fingerprint density at radius 3 is 2.69 bits per heavy atom. The number of hydrogen-bond donors (Lipinski definition) is 0. The lowest BCUT2D eigenvalue weighted by molar-refractivity contribution is -0.146. The molecular weight excluding hydrogens is 364 g/mol. The number of aromatic nitrogens is 2. The Balaban J connectivity index is 1.41. The van der Waals surface area contributed by atoms with Crippen molar-refractivity contribution in [3.8, 4) is 5.75 Å². The van der Waals surface area contributed by atoms with Crippen LogP contribution in [0.1, 0.15) is 43.1 Å². The van der Waals surface area contributed by atoms with Gasteiger partial charge >= 0.3 is 0 Å². The van der Waals surface area contributed by atoms with Gasteiger partial charge in [0.25, 0.3) is 0 Å². The summed E-state index contributed by atoms with van der Waals surface area (Å²) in [5, 5.41) is 0. The maximum Gasteiger partial charge on any atom is 0.230 e. The molecule has 2 aliphatic heterocycles. The summed E-state index contributed by atoms with van der Waals surface area (Å²) in [5.74, 6) is 2.03. The number of methoxy groups -OCH3 is 1. The monoisotopic (exact) mass is 394 g/mol. The lowest BCUT2D eigenvalue weighted by Crippen LogP contribution is -2.49. The molecule has 2 aromatic rings. The Kier molecular flexibility index (Phi) is 5.81. The number of likely N-dealkylation sites (tertiary alicyclic amines) is 2. The molecule has 2 aliphatic rings. The van der Waals surface area contributed by atoms with Crippen molar-refractivity contribution in [3.05, 3.63) is 53.6 Å². The smallest absolute Gasteiger partial charge is 0.230 e. The summed E-state index contributed by atoms with van der Waals surface area (Å²) in [6, 6.07) is 8.02. The molecule has 0 aliphatic carbocycles. The largest absolute Gasteiger partial charge is 0.497 e. The highest BCUT2D eigenvalue weighted by Crippen LogP contribution is 2.41. The van der Waals surface area contributed by atoms with E-state index in [2.05, 4.69) is 27.9 Å². The van der Waals surface area contributed by atoms with Crippen LogP contribution in [0.5, 0.6) is 5.75 Å². The van der Waals surface area contributed by atoms with Crippen LogP contribution in [0.2, 0.25) is 0 Å². The molecule has 1 aromatic carbocycles. The highest BCUT2D eigenvalue weighted by atomic mass is 16.5. The van der Waals surface area contributed by atoms with Gasteiger partial charge in [-0.25, -0.2) is 9.97 Å². The fourth-order valence-corrected chi connectivity index (χ4v) is 4.67. The number of benzene rings is 1. The van der Waals surface area contributed by atoms with Crippen LogP contribution in [0.25, 0.3) is 0 Å². The van der Waals surface area contributed by atoms with E-state index in [1.54, 1.807) is 7.11 Å². The van der Waals surface area contributed by atoms with Crippen molar-refractivity contribution in [2.75, 3.05) is 26.7 Å². The summed E-state index contributed by atoms with van der Waals surface area (Å²) in [7, 11) is 1.67. The van der Waals surface area contributed by atoms with E-state index in [-0.39, 0.29) is 5.41 Å². The molecule has 2 fully saturated rings. The molecular formula is C23H30N4O2. The fraction of sp³-hybridized carbons (Fsp3) is 0.522. The molecule has 2 saturated heterocycles. The lowest BCUT2D eigenvalue weighted by atomic mass is 9.78. The van der Waals surface area contributed by atoms with Crippen molar-refractivity contribution in [1.82, 2.24) is 19.8 Å². The van der Waals surface area contributed by atoms with Crippen LogP contribution in [-0.4, -0.2) is 52.4 Å². The molecule has 0 saturated carbocycles. The van der Waals surface area contributed by atoms with Gasteiger partial charge in [0.2, 0.25) is 5.91 Å². The van der Waals surface area contributed by atoms with E-state index in [9.17, 15) is 4.79 Å². The number of piperidine rings is 1. The van der Waals surface area contributed by atoms with Crippen LogP contribution in [0.4, 0.5) is 0 Å². The fourth-order valence-electron chi connectivity index (χ4n) is 4.67. The summed E-state index contributed by atoms with van der Waals surface area (Å²) in [5.41, 5.74) is 2.01. The predicted molar refractivity (Wildman–Crippen MR) is 111 cm³/mol. The first-order valence-electron chi connectivity index (χ1n) is 10.6.